The number of carbonyl (C=O) groups is 1. The third-order valence-electron chi connectivity index (χ3n) is 1.47. The Labute approximate surface area is 68.8 Å². The molecule has 0 bridgehead atoms. The minimum Gasteiger partial charge on any atom is -0.299 e. The molecule has 0 aliphatic rings. The van der Waals surface area contributed by atoms with E-state index in [1.807, 2.05) is 39.0 Å². The van der Waals surface area contributed by atoms with Gasteiger partial charge >= 0.3 is 0 Å². The van der Waals surface area contributed by atoms with Gasteiger partial charge in [0.2, 0.25) is 0 Å². The molecule has 1 heteroatoms. The Morgan fingerprint density at radius 1 is 1.27 bits per heavy atom. The second-order valence-electron chi connectivity index (χ2n) is 3.03. The molecule has 0 heterocycles. The van der Waals surface area contributed by atoms with Crippen molar-refractivity contribution in [2.24, 2.45) is 5.92 Å². The molecule has 1 unspecified atom stereocenters. The molecule has 0 radical (unpaired) electrons. The van der Waals surface area contributed by atoms with Crippen molar-refractivity contribution in [1.29, 1.82) is 0 Å². The first-order valence-corrected chi connectivity index (χ1v) is 3.86. The van der Waals surface area contributed by atoms with Crippen LogP contribution in [0.3, 0.4) is 0 Å². The lowest BCUT2D eigenvalue weighted by molar-refractivity contribution is -0.118. The fraction of sp³-hybridized carbons (Fsp3) is 0.500. The SMILES string of the molecule is CC(=O)C(C)C=CC=C(C)C. The zero-order valence-electron chi connectivity index (χ0n) is 7.72. The molecule has 62 valence electrons. The molecular formula is C10H16O. The molecule has 0 saturated heterocycles. The first kappa shape index (κ1) is 10.2. The molecule has 11 heavy (non-hydrogen) atoms. The van der Waals surface area contributed by atoms with Crippen molar-refractivity contribution in [2.45, 2.75) is 27.7 Å². The van der Waals surface area contributed by atoms with Gasteiger partial charge in [0.15, 0.2) is 0 Å². The van der Waals surface area contributed by atoms with E-state index in [0.29, 0.717) is 0 Å². The third-order valence-corrected chi connectivity index (χ3v) is 1.47. The number of allylic oxidation sites excluding steroid dienone is 4. The molecule has 0 aliphatic heterocycles. The first-order valence-electron chi connectivity index (χ1n) is 3.86. The van der Waals surface area contributed by atoms with E-state index in [-0.39, 0.29) is 11.7 Å². The minimum atomic E-state index is 0.0469. The monoisotopic (exact) mass is 152 g/mol. The number of Topliss-reactive ketones (excluding diaryl/α,β-unsaturated/α-hetero) is 1. The van der Waals surface area contributed by atoms with Crippen LogP contribution in [0.25, 0.3) is 0 Å². The van der Waals surface area contributed by atoms with E-state index in [2.05, 4.69) is 0 Å². The Bertz CT molecular complexity index is 183. The van der Waals surface area contributed by atoms with Gasteiger partial charge in [0.25, 0.3) is 0 Å². The number of hydrogen-bond acceptors (Lipinski definition) is 1. The summed E-state index contributed by atoms with van der Waals surface area (Å²) in [5.41, 5.74) is 1.25. The summed E-state index contributed by atoms with van der Waals surface area (Å²) in [6, 6.07) is 0. The lowest BCUT2D eigenvalue weighted by Crippen LogP contribution is -2.01. The second-order valence-corrected chi connectivity index (χ2v) is 3.03. The predicted molar refractivity (Wildman–Crippen MR) is 48.4 cm³/mol. The smallest absolute Gasteiger partial charge is 0.136 e. The van der Waals surface area contributed by atoms with Crippen molar-refractivity contribution in [3.05, 3.63) is 23.8 Å². The van der Waals surface area contributed by atoms with Crippen LogP contribution in [0.2, 0.25) is 0 Å². The maximum Gasteiger partial charge on any atom is 0.136 e. The summed E-state index contributed by atoms with van der Waals surface area (Å²) in [6.07, 6.45) is 5.84. The van der Waals surface area contributed by atoms with Gasteiger partial charge in [-0.2, -0.15) is 0 Å². The van der Waals surface area contributed by atoms with E-state index in [1.54, 1.807) is 6.92 Å². The molecule has 0 aliphatic carbocycles. The van der Waals surface area contributed by atoms with Crippen molar-refractivity contribution in [2.75, 3.05) is 0 Å². The molecule has 0 rings (SSSR count). The zero-order chi connectivity index (χ0) is 8.85. The third kappa shape index (κ3) is 5.59. The number of carbonyl (C=O) groups excluding carboxylic acids is 1. The Hall–Kier alpha value is -0.850. The van der Waals surface area contributed by atoms with Gasteiger partial charge in [0, 0.05) is 5.92 Å². The fourth-order valence-electron chi connectivity index (χ4n) is 0.550. The van der Waals surface area contributed by atoms with E-state index in [9.17, 15) is 4.79 Å². The molecule has 0 aromatic heterocycles. The average molecular weight is 152 g/mol. The predicted octanol–water partition coefficient (Wildman–Crippen LogP) is 2.73. The lowest BCUT2D eigenvalue weighted by atomic mass is 10.1. The second kappa shape index (κ2) is 4.89. The quantitative estimate of drug-likeness (QED) is 0.568. The van der Waals surface area contributed by atoms with Crippen LogP contribution in [0.4, 0.5) is 0 Å². The van der Waals surface area contributed by atoms with Gasteiger partial charge in [-0.15, -0.1) is 0 Å². The maximum absolute atomic E-state index is 10.7. The molecule has 1 nitrogen and oxygen atoms in total. The zero-order valence-corrected chi connectivity index (χ0v) is 7.72. The minimum absolute atomic E-state index is 0.0469. The standard InChI is InChI=1S/C10H16O/c1-8(2)6-5-7-9(3)10(4)11/h5-7,9H,1-4H3. The first-order chi connectivity index (χ1) is 5.04. The van der Waals surface area contributed by atoms with E-state index in [1.165, 1.54) is 5.57 Å². The molecule has 1 atom stereocenters. The Morgan fingerprint density at radius 3 is 2.18 bits per heavy atom. The van der Waals surface area contributed by atoms with E-state index in [4.69, 9.17) is 0 Å². The topological polar surface area (TPSA) is 17.1 Å². The summed E-state index contributed by atoms with van der Waals surface area (Å²) >= 11 is 0. The van der Waals surface area contributed by atoms with E-state index in [0.717, 1.165) is 0 Å². The molecule has 0 aromatic rings. The van der Waals surface area contributed by atoms with Crippen LogP contribution in [-0.2, 0) is 4.79 Å². The van der Waals surface area contributed by atoms with E-state index < -0.39 is 0 Å². The molecular weight excluding hydrogens is 136 g/mol. The molecule has 0 spiro atoms. The largest absolute Gasteiger partial charge is 0.299 e. The fourth-order valence-corrected chi connectivity index (χ4v) is 0.550. The van der Waals surface area contributed by atoms with Crippen LogP contribution in [0.5, 0.6) is 0 Å². The molecule has 0 N–H and O–H groups in total. The summed E-state index contributed by atoms with van der Waals surface area (Å²) in [6.45, 7) is 7.57. The van der Waals surface area contributed by atoms with Gasteiger partial charge in [-0.25, -0.2) is 0 Å². The van der Waals surface area contributed by atoms with Gasteiger partial charge in [-0.05, 0) is 20.8 Å². The highest BCUT2D eigenvalue weighted by Gasteiger charge is 1.99. The van der Waals surface area contributed by atoms with Crippen molar-refractivity contribution >= 4 is 5.78 Å². The van der Waals surface area contributed by atoms with Crippen LogP contribution in [0.1, 0.15) is 27.7 Å². The van der Waals surface area contributed by atoms with Crippen LogP contribution in [0, 0.1) is 5.92 Å². The summed E-state index contributed by atoms with van der Waals surface area (Å²) in [7, 11) is 0. The Balaban J connectivity index is 3.94. The number of rotatable bonds is 3. The highest BCUT2D eigenvalue weighted by molar-refractivity contribution is 5.79. The summed E-state index contributed by atoms with van der Waals surface area (Å²) < 4.78 is 0. The van der Waals surface area contributed by atoms with Crippen molar-refractivity contribution in [3.8, 4) is 0 Å². The molecule has 0 fully saturated rings. The van der Waals surface area contributed by atoms with Crippen LogP contribution < -0.4 is 0 Å². The van der Waals surface area contributed by atoms with Gasteiger partial charge in [0.1, 0.15) is 5.78 Å². The normalized spacial score (nSPS) is 13.1. The lowest BCUT2D eigenvalue weighted by Gasteiger charge is -1.96. The maximum atomic E-state index is 10.7. The Morgan fingerprint density at radius 2 is 1.82 bits per heavy atom. The summed E-state index contributed by atoms with van der Waals surface area (Å²) in [4.78, 5) is 10.7. The van der Waals surface area contributed by atoms with Gasteiger partial charge in [-0.3, -0.25) is 4.79 Å². The Kier molecular flexibility index (Phi) is 4.51. The van der Waals surface area contributed by atoms with Crippen molar-refractivity contribution < 1.29 is 4.79 Å². The van der Waals surface area contributed by atoms with Crippen LogP contribution in [-0.4, -0.2) is 5.78 Å². The van der Waals surface area contributed by atoms with Gasteiger partial charge in [-0.1, -0.05) is 30.7 Å². The van der Waals surface area contributed by atoms with Crippen molar-refractivity contribution in [3.63, 3.8) is 0 Å². The van der Waals surface area contributed by atoms with Gasteiger partial charge in [0.05, 0.1) is 0 Å². The number of ketones is 1. The summed E-state index contributed by atoms with van der Waals surface area (Å²) in [5.74, 6) is 0.258. The summed E-state index contributed by atoms with van der Waals surface area (Å²) in [5, 5.41) is 0. The van der Waals surface area contributed by atoms with Gasteiger partial charge < -0.3 is 0 Å². The highest BCUT2D eigenvalue weighted by atomic mass is 16.1. The molecule has 0 aromatic carbocycles. The molecule has 0 saturated carbocycles. The number of hydrogen-bond donors (Lipinski definition) is 0. The highest BCUT2D eigenvalue weighted by Crippen LogP contribution is 1.99. The average Bonchev–Trinajstić information content (AvgIpc) is 1.86. The van der Waals surface area contributed by atoms with E-state index >= 15 is 0 Å². The molecule has 0 amide bonds. The van der Waals surface area contributed by atoms with Crippen LogP contribution >= 0.6 is 0 Å². The van der Waals surface area contributed by atoms with Crippen molar-refractivity contribution in [1.82, 2.24) is 0 Å². The van der Waals surface area contributed by atoms with Crippen LogP contribution in [0.15, 0.2) is 23.8 Å².